The molecule has 0 atom stereocenters. The zero-order valence-corrected chi connectivity index (χ0v) is 10.8. The van der Waals surface area contributed by atoms with Gasteiger partial charge in [-0.05, 0) is 49.4 Å². The first-order valence-corrected chi connectivity index (χ1v) is 6.71. The molecule has 2 rings (SSSR count). The summed E-state index contributed by atoms with van der Waals surface area (Å²) in [4.78, 5) is 11.9. The van der Waals surface area contributed by atoms with Crippen LogP contribution in [0.1, 0.15) is 48.0 Å². The zero-order valence-electron chi connectivity index (χ0n) is 10.8. The van der Waals surface area contributed by atoms with Crippen molar-refractivity contribution in [2.45, 2.75) is 39.0 Å². The summed E-state index contributed by atoms with van der Waals surface area (Å²) in [7, 11) is 0. The first-order valence-electron chi connectivity index (χ1n) is 6.71. The predicted octanol–water partition coefficient (Wildman–Crippen LogP) is 3.44. The van der Waals surface area contributed by atoms with E-state index in [1.165, 1.54) is 38.2 Å². The Bertz CT molecular complexity index is 425. The number of halogens is 1. The number of carbonyl (C=O) groups excluding carboxylic acids is 1. The third-order valence-electron chi connectivity index (χ3n) is 3.70. The molecule has 0 aromatic heterocycles. The average molecular weight is 249 g/mol. The predicted molar refractivity (Wildman–Crippen MR) is 70.0 cm³/mol. The van der Waals surface area contributed by atoms with Crippen LogP contribution < -0.4 is 5.32 Å². The van der Waals surface area contributed by atoms with Crippen LogP contribution in [-0.2, 0) is 0 Å². The Morgan fingerprint density at radius 3 is 2.72 bits per heavy atom. The number of amides is 1. The molecule has 0 heterocycles. The van der Waals surface area contributed by atoms with Crippen LogP contribution in [-0.4, -0.2) is 12.5 Å². The molecule has 0 saturated heterocycles. The summed E-state index contributed by atoms with van der Waals surface area (Å²) in [6, 6.07) is 4.49. The molecule has 0 spiro atoms. The van der Waals surface area contributed by atoms with Gasteiger partial charge in [-0.15, -0.1) is 0 Å². The van der Waals surface area contributed by atoms with Crippen molar-refractivity contribution in [3.8, 4) is 0 Å². The highest BCUT2D eigenvalue weighted by atomic mass is 19.1. The van der Waals surface area contributed by atoms with Crippen molar-refractivity contribution in [2.75, 3.05) is 6.54 Å². The highest BCUT2D eigenvalue weighted by Crippen LogP contribution is 2.22. The van der Waals surface area contributed by atoms with E-state index in [0.29, 0.717) is 17.0 Å². The van der Waals surface area contributed by atoms with Gasteiger partial charge in [0.15, 0.2) is 0 Å². The number of carbonyl (C=O) groups is 1. The fraction of sp³-hybridized carbons (Fsp3) is 0.533. The number of benzene rings is 1. The molecule has 1 aromatic rings. The van der Waals surface area contributed by atoms with Crippen LogP contribution in [0.15, 0.2) is 18.2 Å². The fourth-order valence-corrected chi connectivity index (χ4v) is 2.52. The summed E-state index contributed by atoms with van der Waals surface area (Å²) in [6.07, 6.45) is 6.29. The van der Waals surface area contributed by atoms with Crippen LogP contribution in [0.3, 0.4) is 0 Å². The topological polar surface area (TPSA) is 29.1 Å². The summed E-state index contributed by atoms with van der Waals surface area (Å²) < 4.78 is 13.1. The Balaban J connectivity index is 1.88. The van der Waals surface area contributed by atoms with Gasteiger partial charge in [-0.1, -0.05) is 19.3 Å². The Morgan fingerprint density at radius 2 is 2.06 bits per heavy atom. The van der Waals surface area contributed by atoms with E-state index in [4.69, 9.17) is 0 Å². The smallest absolute Gasteiger partial charge is 0.251 e. The normalized spacial score (nSPS) is 16.6. The molecule has 1 aliphatic rings. The molecule has 3 heteroatoms. The molecule has 1 aliphatic carbocycles. The number of aryl methyl sites for hydroxylation is 1. The van der Waals surface area contributed by atoms with Gasteiger partial charge >= 0.3 is 0 Å². The monoisotopic (exact) mass is 249 g/mol. The molecule has 18 heavy (non-hydrogen) atoms. The maximum Gasteiger partial charge on any atom is 0.251 e. The second kappa shape index (κ2) is 5.98. The fourth-order valence-electron chi connectivity index (χ4n) is 2.52. The van der Waals surface area contributed by atoms with Crippen molar-refractivity contribution in [3.63, 3.8) is 0 Å². The SMILES string of the molecule is Cc1cc(C(=O)NCC2CCCCC2)ccc1F. The third-order valence-corrected chi connectivity index (χ3v) is 3.70. The second-order valence-electron chi connectivity index (χ2n) is 5.18. The van der Waals surface area contributed by atoms with E-state index in [-0.39, 0.29) is 11.7 Å². The van der Waals surface area contributed by atoms with Crippen LogP contribution in [0.25, 0.3) is 0 Å². The molecule has 0 aliphatic heterocycles. The van der Waals surface area contributed by atoms with Gasteiger partial charge in [0.2, 0.25) is 0 Å². The number of nitrogens with one attached hydrogen (secondary N) is 1. The zero-order chi connectivity index (χ0) is 13.0. The maximum absolute atomic E-state index is 13.1. The van der Waals surface area contributed by atoms with E-state index in [1.54, 1.807) is 19.1 Å². The standard InChI is InChI=1S/C15H20FNO/c1-11-9-13(7-8-14(11)16)15(18)17-10-12-5-3-2-4-6-12/h7-9,12H,2-6,10H2,1H3,(H,17,18). The minimum Gasteiger partial charge on any atom is -0.352 e. The Labute approximate surface area is 108 Å². The van der Waals surface area contributed by atoms with Gasteiger partial charge in [0.1, 0.15) is 5.82 Å². The van der Waals surface area contributed by atoms with Crippen molar-refractivity contribution in [1.82, 2.24) is 5.32 Å². The van der Waals surface area contributed by atoms with Crippen molar-refractivity contribution in [2.24, 2.45) is 5.92 Å². The van der Waals surface area contributed by atoms with E-state index in [9.17, 15) is 9.18 Å². The lowest BCUT2D eigenvalue weighted by Gasteiger charge is -2.21. The minimum atomic E-state index is -0.265. The van der Waals surface area contributed by atoms with Gasteiger partial charge in [0.05, 0.1) is 0 Å². The van der Waals surface area contributed by atoms with Crippen molar-refractivity contribution < 1.29 is 9.18 Å². The molecule has 1 aromatic carbocycles. The van der Waals surface area contributed by atoms with Crippen LogP contribution in [0.5, 0.6) is 0 Å². The molecule has 2 nitrogen and oxygen atoms in total. The number of rotatable bonds is 3. The van der Waals surface area contributed by atoms with Gasteiger partial charge in [-0.3, -0.25) is 4.79 Å². The van der Waals surface area contributed by atoms with Crippen LogP contribution in [0, 0.1) is 18.7 Å². The van der Waals surface area contributed by atoms with Crippen LogP contribution in [0.4, 0.5) is 4.39 Å². The lowest BCUT2D eigenvalue weighted by atomic mass is 9.89. The van der Waals surface area contributed by atoms with E-state index >= 15 is 0 Å². The van der Waals surface area contributed by atoms with Gasteiger partial charge in [0, 0.05) is 12.1 Å². The molecule has 1 saturated carbocycles. The molecule has 0 bridgehead atoms. The first-order chi connectivity index (χ1) is 8.66. The third kappa shape index (κ3) is 3.31. The molecular weight excluding hydrogens is 229 g/mol. The summed E-state index contributed by atoms with van der Waals surface area (Å²) in [6.45, 7) is 2.42. The maximum atomic E-state index is 13.1. The second-order valence-corrected chi connectivity index (χ2v) is 5.18. The highest BCUT2D eigenvalue weighted by molar-refractivity contribution is 5.94. The average Bonchev–Trinajstić information content (AvgIpc) is 2.40. The Hall–Kier alpha value is -1.38. The quantitative estimate of drug-likeness (QED) is 0.873. The lowest BCUT2D eigenvalue weighted by molar-refractivity contribution is 0.0943. The van der Waals surface area contributed by atoms with E-state index in [0.717, 1.165) is 6.54 Å². The summed E-state index contributed by atoms with van der Waals surface area (Å²) in [5.74, 6) is 0.256. The molecule has 1 N–H and O–H groups in total. The van der Waals surface area contributed by atoms with E-state index in [2.05, 4.69) is 5.32 Å². The minimum absolute atomic E-state index is 0.0938. The summed E-state index contributed by atoms with van der Waals surface area (Å²) in [5.41, 5.74) is 1.06. The number of hydrogen-bond donors (Lipinski definition) is 1. The van der Waals surface area contributed by atoms with Crippen LogP contribution in [0.2, 0.25) is 0 Å². The van der Waals surface area contributed by atoms with Gasteiger partial charge in [0.25, 0.3) is 5.91 Å². The van der Waals surface area contributed by atoms with E-state index in [1.807, 2.05) is 0 Å². The molecule has 1 amide bonds. The molecule has 1 fully saturated rings. The summed E-state index contributed by atoms with van der Waals surface area (Å²) >= 11 is 0. The van der Waals surface area contributed by atoms with Crippen molar-refractivity contribution >= 4 is 5.91 Å². The number of hydrogen-bond acceptors (Lipinski definition) is 1. The van der Waals surface area contributed by atoms with Crippen molar-refractivity contribution in [3.05, 3.63) is 35.1 Å². The Kier molecular flexibility index (Phi) is 4.34. The first kappa shape index (κ1) is 13.1. The molecule has 0 unspecified atom stereocenters. The van der Waals surface area contributed by atoms with Gasteiger partial charge in [-0.2, -0.15) is 0 Å². The highest BCUT2D eigenvalue weighted by Gasteiger charge is 2.15. The van der Waals surface area contributed by atoms with Gasteiger partial charge < -0.3 is 5.32 Å². The largest absolute Gasteiger partial charge is 0.352 e. The van der Waals surface area contributed by atoms with Crippen LogP contribution >= 0.6 is 0 Å². The molecule has 0 radical (unpaired) electrons. The van der Waals surface area contributed by atoms with Crippen molar-refractivity contribution in [1.29, 1.82) is 0 Å². The Morgan fingerprint density at radius 1 is 1.33 bits per heavy atom. The summed E-state index contributed by atoms with van der Waals surface area (Å²) in [5, 5.41) is 2.95. The molecule has 98 valence electrons. The van der Waals surface area contributed by atoms with E-state index < -0.39 is 0 Å². The van der Waals surface area contributed by atoms with Gasteiger partial charge in [-0.25, -0.2) is 4.39 Å². The lowest BCUT2D eigenvalue weighted by Crippen LogP contribution is -2.30. The molecular formula is C15H20FNO.